The van der Waals surface area contributed by atoms with Crippen LogP contribution in [0, 0.1) is 0 Å². The van der Waals surface area contributed by atoms with E-state index >= 15 is 0 Å². The molecule has 2 heteroatoms. The lowest BCUT2D eigenvalue weighted by molar-refractivity contribution is 1.49. The molecule has 0 bridgehead atoms. The number of rotatable bonds is 0. The smallest absolute Gasteiger partial charge is 0.0534 e. The van der Waals surface area contributed by atoms with E-state index in [1.165, 1.54) is 21.7 Å². The molecule has 1 aromatic heterocycles. The summed E-state index contributed by atoms with van der Waals surface area (Å²) in [5.74, 6) is 0. The van der Waals surface area contributed by atoms with Crippen molar-refractivity contribution in [1.29, 1.82) is 0 Å². The molecule has 68 valence electrons. The molecule has 0 spiro atoms. The zero-order valence-corrected chi connectivity index (χ0v) is 9.01. The summed E-state index contributed by atoms with van der Waals surface area (Å²) in [6.45, 7) is 0. The first kappa shape index (κ1) is 8.06. The van der Waals surface area contributed by atoms with E-state index in [4.69, 9.17) is 0 Å². The van der Waals surface area contributed by atoms with Crippen LogP contribution in [0.2, 0.25) is 0 Å². The quantitative estimate of drug-likeness (QED) is 0.615. The maximum absolute atomic E-state index is 3.59. The van der Waals surface area contributed by atoms with Crippen LogP contribution >= 0.6 is 15.9 Å². The molecule has 1 N–H and O–H groups in total. The second-order valence-corrected chi connectivity index (χ2v) is 4.20. The summed E-state index contributed by atoms with van der Waals surface area (Å²) in [7, 11) is 0. The van der Waals surface area contributed by atoms with Gasteiger partial charge in [0, 0.05) is 21.4 Å². The van der Waals surface area contributed by atoms with Crippen LogP contribution in [-0.2, 0) is 0 Å². The number of hydrogen-bond acceptors (Lipinski definition) is 0. The molecule has 3 aromatic rings. The summed E-state index contributed by atoms with van der Waals surface area (Å²) in [4.78, 5) is 3.27. The van der Waals surface area contributed by atoms with E-state index in [2.05, 4.69) is 57.3 Å². The Hall–Kier alpha value is -1.28. The molecule has 0 saturated heterocycles. The third-order valence-electron chi connectivity index (χ3n) is 2.52. The van der Waals surface area contributed by atoms with Crippen LogP contribution in [0.25, 0.3) is 21.7 Å². The highest BCUT2D eigenvalue weighted by molar-refractivity contribution is 9.10. The van der Waals surface area contributed by atoms with Gasteiger partial charge in [-0.3, -0.25) is 0 Å². The number of aromatic nitrogens is 1. The van der Waals surface area contributed by atoms with Gasteiger partial charge in [0.1, 0.15) is 0 Å². The molecule has 0 atom stereocenters. The number of H-pyrrole nitrogens is 1. The molecule has 3 rings (SSSR count). The lowest BCUT2D eigenvalue weighted by Crippen LogP contribution is -1.76. The predicted octanol–water partition coefficient (Wildman–Crippen LogP) is 4.08. The first-order valence-electron chi connectivity index (χ1n) is 4.50. The van der Waals surface area contributed by atoms with Gasteiger partial charge in [0.15, 0.2) is 0 Å². The van der Waals surface area contributed by atoms with Crippen molar-refractivity contribution in [2.24, 2.45) is 0 Å². The number of aromatic amines is 1. The van der Waals surface area contributed by atoms with Crippen molar-refractivity contribution in [1.82, 2.24) is 4.98 Å². The van der Waals surface area contributed by atoms with Crippen molar-refractivity contribution in [3.8, 4) is 0 Å². The fourth-order valence-corrected chi connectivity index (χ4v) is 2.45. The fourth-order valence-electron chi connectivity index (χ4n) is 1.86. The van der Waals surface area contributed by atoms with E-state index in [1.54, 1.807) is 0 Å². The molecule has 0 fully saturated rings. The lowest BCUT2D eigenvalue weighted by Gasteiger charge is -2.01. The Morgan fingerprint density at radius 1 is 1.00 bits per heavy atom. The molecule has 0 amide bonds. The molecule has 0 aliphatic carbocycles. The maximum Gasteiger partial charge on any atom is 0.0534 e. The van der Waals surface area contributed by atoms with Crippen LogP contribution < -0.4 is 0 Å². The number of nitrogens with one attached hydrogen (secondary N) is 1. The van der Waals surface area contributed by atoms with Gasteiger partial charge in [-0.1, -0.05) is 40.2 Å². The van der Waals surface area contributed by atoms with Gasteiger partial charge in [0.05, 0.1) is 5.52 Å². The summed E-state index contributed by atoms with van der Waals surface area (Å²) in [6, 6.07) is 12.6. The van der Waals surface area contributed by atoms with Gasteiger partial charge < -0.3 is 4.98 Å². The molecule has 14 heavy (non-hydrogen) atoms. The highest BCUT2D eigenvalue weighted by Crippen LogP contribution is 2.30. The molecular weight excluding hydrogens is 238 g/mol. The van der Waals surface area contributed by atoms with E-state index < -0.39 is 0 Å². The molecule has 0 aliphatic rings. The number of hydrogen-bond donors (Lipinski definition) is 1. The number of fused-ring (bicyclic) bond motifs is 3. The average Bonchev–Trinajstić information content (AvgIpc) is 2.66. The van der Waals surface area contributed by atoms with E-state index in [1.807, 2.05) is 6.20 Å². The minimum absolute atomic E-state index is 1.15. The van der Waals surface area contributed by atoms with Crippen molar-refractivity contribution in [2.45, 2.75) is 0 Å². The molecule has 1 heterocycles. The van der Waals surface area contributed by atoms with Crippen molar-refractivity contribution >= 4 is 37.6 Å². The first-order valence-corrected chi connectivity index (χ1v) is 5.30. The SMILES string of the molecule is Brc1cc2cc[nH]c2c2ccccc12. The van der Waals surface area contributed by atoms with Crippen molar-refractivity contribution in [3.05, 3.63) is 47.1 Å². The molecule has 0 aliphatic heterocycles. The summed E-state index contributed by atoms with van der Waals surface area (Å²) in [6.07, 6.45) is 1.98. The Kier molecular flexibility index (Phi) is 1.64. The largest absolute Gasteiger partial charge is 0.361 e. The Labute approximate surface area is 89.9 Å². The standard InChI is InChI=1S/C12H8BrN/c13-11-7-8-5-6-14-12(8)10-4-2-1-3-9(10)11/h1-7,14H. The van der Waals surface area contributed by atoms with Gasteiger partial charge in [0.2, 0.25) is 0 Å². The third-order valence-corrected chi connectivity index (χ3v) is 3.17. The second kappa shape index (κ2) is 2.85. The lowest BCUT2D eigenvalue weighted by atomic mass is 10.1. The van der Waals surface area contributed by atoms with Crippen LogP contribution in [0.3, 0.4) is 0 Å². The summed E-state index contributed by atoms with van der Waals surface area (Å²) >= 11 is 3.59. The Morgan fingerprint density at radius 3 is 2.64 bits per heavy atom. The molecular formula is C12H8BrN. The zero-order valence-electron chi connectivity index (χ0n) is 7.42. The van der Waals surface area contributed by atoms with Gasteiger partial charge in [-0.15, -0.1) is 0 Å². The van der Waals surface area contributed by atoms with E-state index in [0.717, 1.165) is 4.47 Å². The number of halogens is 1. The Bertz CT molecular complexity index is 610. The zero-order chi connectivity index (χ0) is 9.54. The predicted molar refractivity (Wildman–Crippen MR) is 63.5 cm³/mol. The van der Waals surface area contributed by atoms with Gasteiger partial charge in [-0.25, -0.2) is 0 Å². The van der Waals surface area contributed by atoms with E-state index in [9.17, 15) is 0 Å². The van der Waals surface area contributed by atoms with Crippen molar-refractivity contribution in [2.75, 3.05) is 0 Å². The number of benzene rings is 2. The minimum atomic E-state index is 1.15. The molecule has 1 nitrogen and oxygen atoms in total. The van der Waals surface area contributed by atoms with E-state index in [-0.39, 0.29) is 0 Å². The monoisotopic (exact) mass is 245 g/mol. The topological polar surface area (TPSA) is 15.8 Å². The highest BCUT2D eigenvalue weighted by Gasteiger charge is 2.03. The molecule has 0 radical (unpaired) electrons. The van der Waals surface area contributed by atoms with Gasteiger partial charge in [0.25, 0.3) is 0 Å². The van der Waals surface area contributed by atoms with Gasteiger partial charge >= 0.3 is 0 Å². The normalized spacial score (nSPS) is 11.2. The highest BCUT2D eigenvalue weighted by atomic mass is 79.9. The summed E-state index contributed by atoms with van der Waals surface area (Å²) in [5.41, 5.74) is 1.21. The average molecular weight is 246 g/mol. The minimum Gasteiger partial charge on any atom is -0.361 e. The van der Waals surface area contributed by atoms with Crippen LogP contribution in [0.5, 0.6) is 0 Å². The molecule has 0 unspecified atom stereocenters. The van der Waals surface area contributed by atoms with Gasteiger partial charge in [-0.05, 0) is 17.5 Å². The second-order valence-electron chi connectivity index (χ2n) is 3.35. The summed E-state index contributed by atoms with van der Waals surface area (Å²) in [5, 5.41) is 3.76. The van der Waals surface area contributed by atoms with Crippen LogP contribution in [0.4, 0.5) is 0 Å². The van der Waals surface area contributed by atoms with Gasteiger partial charge in [-0.2, -0.15) is 0 Å². The summed E-state index contributed by atoms with van der Waals surface area (Å²) < 4.78 is 1.15. The molecule has 2 aromatic carbocycles. The van der Waals surface area contributed by atoms with E-state index in [0.29, 0.717) is 0 Å². The van der Waals surface area contributed by atoms with Crippen molar-refractivity contribution in [3.63, 3.8) is 0 Å². The Balaban J connectivity index is 2.67. The molecule has 0 saturated carbocycles. The van der Waals surface area contributed by atoms with Crippen molar-refractivity contribution < 1.29 is 0 Å². The maximum atomic E-state index is 3.59. The van der Waals surface area contributed by atoms with Crippen LogP contribution in [-0.4, -0.2) is 4.98 Å². The first-order chi connectivity index (χ1) is 6.86. The van der Waals surface area contributed by atoms with Crippen LogP contribution in [0.15, 0.2) is 47.1 Å². The Morgan fingerprint density at radius 2 is 1.79 bits per heavy atom. The third kappa shape index (κ3) is 1.01. The van der Waals surface area contributed by atoms with Crippen LogP contribution in [0.1, 0.15) is 0 Å². The fraction of sp³-hybridized carbons (Fsp3) is 0.